The van der Waals surface area contributed by atoms with E-state index in [9.17, 15) is 22.8 Å². The van der Waals surface area contributed by atoms with Crippen LogP contribution in [0.1, 0.15) is 52.7 Å². The topological polar surface area (TPSA) is 188 Å². The van der Waals surface area contributed by atoms with Crippen LogP contribution in [0.4, 0.5) is 35.3 Å². The summed E-state index contributed by atoms with van der Waals surface area (Å²) in [4.78, 5) is 27.9. The largest absolute Gasteiger partial charge is 0.573 e. The zero-order valence-corrected chi connectivity index (χ0v) is 25.5. The average molecular weight is 662 g/mol. The summed E-state index contributed by atoms with van der Waals surface area (Å²) >= 11 is 0. The van der Waals surface area contributed by atoms with Gasteiger partial charge in [-0.15, -0.1) is 23.4 Å². The van der Waals surface area contributed by atoms with Crippen LogP contribution >= 0.6 is 0 Å². The van der Waals surface area contributed by atoms with Crippen molar-refractivity contribution in [3.63, 3.8) is 0 Å². The first-order valence-electron chi connectivity index (χ1n) is 14.6. The van der Waals surface area contributed by atoms with Crippen molar-refractivity contribution < 1.29 is 27.5 Å². The lowest BCUT2D eigenvalue weighted by molar-refractivity contribution is -0.274. The van der Waals surface area contributed by atoms with Gasteiger partial charge in [0.25, 0.3) is 11.9 Å². The maximum atomic E-state index is 13.8. The van der Waals surface area contributed by atoms with Crippen LogP contribution in [0.3, 0.4) is 0 Å². The Morgan fingerprint density at radius 3 is 2.46 bits per heavy atom. The van der Waals surface area contributed by atoms with E-state index in [0.29, 0.717) is 16.8 Å². The van der Waals surface area contributed by atoms with E-state index in [-0.39, 0.29) is 23.7 Å². The number of hydrogen-bond donors (Lipinski definition) is 4. The van der Waals surface area contributed by atoms with E-state index >= 15 is 0 Å². The highest BCUT2D eigenvalue weighted by molar-refractivity contribution is 6.05. The fraction of sp³-hybridized carbons (Fsp3) is 0.226. The second-order valence-corrected chi connectivity index (χ2v) is 10.5. The maximum absolute atomic E-state index is 13.8. The Kier molecular flexibility index (Phi) is 10.4. The molecule has 0 unspecified atom stereocenters. The van der Waals surface area contributed by atoms with Gasteiger partial charge in [0, 0.05) is 16.9 Å². The second-order valence-electron chi connectivity index (χ2n) is 10.5. The third-order valence-electron chi connectivity index (χ3n) is 7.19. The predicted octanol–water partition coefficient (Wildman–Crippen LogP) is 6.25. The number of anilines is 3. The van der Waals surface area contributed by atoms with Gasteiger partial charge < -0.3 is 15.8 Å². The number of tetrazole rings is 1. The van der Waals surface area contributed by atoms with E-state index in [2.05, 4.69) is 57.5 Å². The zero-order chi connectivity index (χ0) is 34.1. The van der Waals surface area contributed by atoms with Crippen LogP contribution in [-0.4, -0.2) is 51.8 Å². The fourth-order valence-electron chi connectivity index (χ4n) is 4.93. The third kappa shape index (κ3) is 8.77. The summed E-state index contributed by atoms with van der Waals surface area (Å²) in [5.74, 6) is -1.49. The first-order valence-corrected chi connectivity index (χ1v) is 14.6. The number of allylic oxidation sites excluding steroid dienone is 2. The third-order valence-corrected chi connectivity index (χ3v) is 7.19. The van der Waals surface area contributed by atoms with E-state index in [4.69, 9.17) is 5.73 Å². The number of urea groups is 1. The molecule has 1 heterocycles. The van der Waals surface area contributed by atoms with Crippen LogP contribution in [0.15, 0.2) is 88.2 Å². The number of amidine groups is 1. The highest BCUT2D eigenvalue weighted by Gasteiger charge is 2.33. The number of amides is 3. The molecule has 248 valence electrons. The highest BCUT2D eigenvalue weighted by Crippen LogP contribution is 2.31. The zero-order valence-electron chi connectivity index (χ0n) is 25.5. The number of aromatic nitrogens is 4. The van der Waals surface area contributed by atoms with Crippen molar-refractivity contribution in [2.75, 3.05) is 22.6 Å². The standard InChI is InChI=1S/C31H30F3N11O3/c1-36-42-39-27(35)25-17-23(13-16-26(25)48-31(32,33)34)37-30(47)45(24-14-11-21(12-15-24)20-5-3-2-4-6-20)18-19-7-9-22(10-8-19)28(46)38-29-40-43-44-41-29/h5,7-17H,2-4,6,18H2,1H3,(H,37,47)(H2,35,36,39)(H2,38,40,41,43,44,46). The molecule has 17 heteroatoms. The number of halogens is 3. The van der Waals surface area contributed by atoms with E-state index in [1.807, 2.05) is 24.3 Å². The van der Waals surface area contributed by atoms with Gasteiger partial charge in [0.2, 0.25) is 0 Å². The van der Waals surface area contributed by atoms with Crippen LogP contribution in [0.25, 0.3) is 5.57 Å². The lowest BCUT2D eigenvalue weighted by atomic mass is 9.93. The van der Waals surface area contributed by atoms with Crippen LogP contribution in [-0.2, 0) is 6.54 Å². The number of carbonyl (C=O) groups is 2. The molecule has 0 saturated carbocycles. The first-order chi connectivity index (χ1) is 23.1. The number of carbonyl (C=O) groups excluding carboxylic acids is 2. The summed E-state index contributed by atoms with van der Waals surface area (Å²) < 4.78 is 43.4. The number of rotatable bonds is 10. The molecule has 5 N–H and O–H groups in total. The molecule has 0 radical (unpaired) electrons. The summed E-state index contributed by atoms with van der Waals surface area (Å²) in [6, 6.07) is 16.9. The summed E-state index contributed by atoms with van der Waals surface area (Å²) in [7, 11) is 1.31. The minimum atomic E-state index is -5.01. The molecule has 0 spiro atoms. The first kappa shape index (κ1) is 33.2. The van der Waals surface area contributed by atoms with Crippen molar-refractivity contribution >= 4 is 40.7 Å². The number of nitrogens with one attached hydrogen (secondary N) is 3. The van der Waals surface area contributed by atoms with Crippen LogP contribution < -0.4 is 26.0 Å². The number of alkyl halides is 3. The van der Waals surface area contributed by atoms with Gasteiger partial charge in [-0.2, -0.15) is 10.3 Å². The van der Waals surface area contributed by atoms with Gasteiger partial charge in [0.15, 0.2) is 5.84 Å². The summed E-state index contributed by atoms with van der Waals surface area (Å²) in [6.07, 6.45) is 1.46. The molecule has 0 saturated heterocycles. The smallest absolute Gasteiger partial charge is 0.405 e. The van der Waals surface area contributed by atoms with E-state index in [1.54, 1.807) is 24.3 Å². The van der Waals surface area contributed by atoms with Gasteiger partial charge in [-0.3, -0.25) is 15.0 Å². The molecule has 0 aliphatic heterocycles. The van der Waals surface area contributed by atoms with Gasteiger partial charge in [-0.1, -0.05) is 35.4 Å². The SMILES string of the molecule is CN=NN=C(N)c1cc(NC(=O)N(Cc2ccc(C(=O)Nc3nn[nH]n3)cc2)c2ccc(C3=CCCCC3)cc2)ccc1OC(F)(F)F. The molecule has 4 aromatic rings. The Hall–Kier alpha value is -6.13. The number of nitrogens with zero attached hydrogens (tertiary/aromatic N) is 7. The van der Waals surface area contributed by atoms with Gasteiger partial charge in [-0.05, 0) is 95.3 Å². The minimum absolute atomic E-state index is 0.0169. The molecule has 0 fully saturated rings. The Morgan fingerprint density at radius 2 is 1.81 bits per heavy atom. The van der Waals surface area contributed by atoms with Crippen molar-refractivity contribution in [2.24, 2.45) is 21.2 Å². The van der Waals surface area contributed by atoms with E-state index < -0.39 is 29.9 Å². The molecule has 0 atom stereocenters. The highest BCUT2D eigenvalue weighted by atomic mass is 19.4. The van der Waals surface area contributed by atoms with Crippen molar-refractivity contribution in [2.45, 2.75) is 38.6 Å². The molecular formula is C31H30F3N11O3. The molecule has 1 aliphatic carbocycles. The summed E-state index contributed by atoms with van der Waals surface area (Å²) in [5.41, 5.74) is 9.58. The molecule has 3 amide bonds. The lowest BCUT2D eigenvalue weighted by Crippen LogP contribution is -2.34. The van der Waals surface area contributed by atoms with Gasteiger partial charge >= 0.3 is 12.4 Å². The van der Waals surface area contributed by atoms with Gasteiger partial charge in [0.05, 0.1) is 19.2 Å². The minimum Gasteiger partial charge on any atom is -0.405 e. The van der Waals surface area contributed by atoms with Crippen molar-refractivity contribution in [3.05, 3.63) is 95.1 Å². The number of aromatic amines is 1. The Morgan fingerprint density at radius 1 is 1.04 bits per heavy atom. The van der Waals surface area contributed by atoms with E-state index in [1.165, 1.54) is 29.7 Å². The molecular weight excluding hydrogens is 631 g/mol. The molecule has 5 rings (SSSR count). The summed E-state index contributed by atoms with van der Waals surface area (Å²) in [6.45, 7) is 0.0726. The second kappa shape index (κ2) is 15.0. The molecule has 0 bridgehead atoms. The molecule has 1 aromatic heterocycles. The number of benzene rings is 3. The van der Waals surface area contributed by atoms with Gasteiger partial charge in [-0.25, -0.2) is 4.79 Å². The summed E-state index contributed by atoms with van der Waals surface area (Å²) in [5, 5.41) is 28.7. The number of ether oxygens (including phenoxy) is 1. The van der Waals surface area contributed by atoms with Crippen LogP contribution in [0.2, 0.25) is 0 Å². The number of H-pyrrole nitrogens is 1. The number of nitrogens with two attached hydrogens (primary N) is 1. The van der Waals surface area contributed by atoms with Crippen LogP contribution in [0, 0.1) is 0 Å². The predicted molar refractivity (Wildman–Crippen MR) is 171 cm³/mol. The average Bonchev–Trinajstić information content (AvgIpc) is 3.60. The van der Waals surface area contributed by atoms with E-state index in [0.717, 1.165) is 37.3 Å². The fourth-order valence-corrected chi connectivity index (χ4v) is 4.93. The molecule has 14 nitrogen and oxygen atoms in total. The number of hydrogen-bond acceptors (Lipinski definition) is 8. The normalized spacial score (nSPS) is 13.6. The van der Waals surface area contributed by atoms with Crippen molar-refractivity contribution in [1.82, 2.24) is 20.6 Å². The molecule has 3 aromatic carbocycles. The monoisotopic (exact) mass is 661 g/mol. The maximum Gasteiger partial charge on any atom is 0.573 e. The van der Waals surface area contributed by atoms with Crippen LogP contribution in [0.5, 0.6) is 5.75 Å². The van der Waals surface area contributed by atoms with Crippen molar-refractivity contribution in [3.8, 4) is 5.75 Å². The quantitative estimate of drug-likeness (QED) is 0.0669. The van der Waals surface area contributed by atoms with Crippen molar-refractivity contribution in [1.29, 1.82) is 0 Å². The molecule has 1 aliphatic rings. The molecule has 48 heavy (non-hydrogen) atoms. The Labute approximate surface area is 272 Å². The lowest BCUT2D eigenvalue weighted by Gasteiger charge is -2.24. The van der Waals surface area contributed by atoms with Gasteiger partial charge in [0.1, 0.15) is 5.75 Å². The Bertz CT molecular complexity index is 1820. The Balaban J connectivity index is 1.42.